The van der Waals surface area contributed by atoms with E-state index in [9.17, 15) is 19.5 Å². The van der Waals surface area contributed by atoms with Crippen LogP contribution in [0.15, 0.2) is 48.5 Å². The lowest BCUT2D eigenvalue weighted by Gasteiger charge is -2.16. The van der Waals surface area contributed by atoms with Crippen LogP contribution < -0.4 is 10.2 Å². The van der Waals surface area contributed by atoms with Crippen LogP contribution in [0.1, 0.15) is 12.0 Å². The molecule has 1 unspecified atom stereocenters. The summed E-state index contributed by atoms with van der Waals surface area (Å²) in [6.45, 7) is 0. The molecule has 0 saturated carbocycles. The zero-order valence-electron chi connectivity index (χ0n) is 13.2. The highest BCUT2D eigenvalue weighted by Crippen LogP contribution is 2.26. The highest BCUT2D eigenvalue weighted by atomic mass is 16.4. The summed E-state index contributed by atoms with van der Waals surface area (Å²) in [6.07, 6.45) is -0.116. The second-order valence-electron chi connectivity index (χ2n) is 5.76. The predicted octanol–water partition coefficient (Wildman–Crippen LogP) is 1.76. The SMILES string of the molecule is O=C(O)Cc1ccc(N2C(=O)CC(Nc3cccc(O)c3)C2=O)cc1. The van der Waals surface area contributed by atoms with E-state index in [1.54, 1.807) is 36.4 Å². The molecule has 7 nitrogen and oxygen atoms in total. The standard InChI is InChI=1S/C18H16N2O5/c21-14-3-1-2-12(9-14)19-15-10-16(22)20(18(15)25)13-6-4-11(5-7-13)8-17(23)24/h1-7,9,15,19,21H,8,10H2,(H,23,24). The first-order valence-corrected chi connectivity index (χ1v) is 7.67. The maximum Gasteiger partial charge on any atom is 0.307 e. The van der Waals surface area contributed by atoms with Crippen molar-refractivity contribution in [3.05, 3.63) is 54.1 Å². The molecule has 0 bridgehead atoms. The molecule has 0 aliphatic carbocycles. The van der Waals surface area contributed by atoms with Gasteiger partial charge in [0.2, 0.25) is 5.91 Å². The topological polar surface area (TPSA) is 107 Å². The van der Waals surface area contributed by atoms with Crippen molar-refractivity contribution in [2.24, 2.45) is 0 Å². The van der Waals surface area contributed by atoms with E-state index in [-0.39, 0.29) is 30.4 Å². The highest BCUT2D eigenvalue weighted by molar-refractivity contribution is 6.23. The number of imide groups is 1. The van der Waals surface area contributed by atoms with Crippen LogP contribution >= 0.6 is 0 Å². The van der Waals surface area contributed by atoms with Crippen LogP contribution in [0.4, 0.5) is 11.4 Å². The number of phenolic OH excluding ortho intramolecular Hbond substituents is 1. The Kier molecular flexibility index (Phi) is 4.38. The van der Waals surface area contributed by atoms with Crippen LogP contribution in [0.5, 0.6) is 5.75 Å². The molecule has 0 spiro atoms. The first-order chi connectivity index (χ1) is 11.9. The summed E-state index contributed by atoms with van der Waals surface area (Å²) in [4.78, 5) is 36.6. The Balaban J connectivity index is 1.76. The van der Waals surface area contributed by atoms with Crippen LogP contribution in [-0.4, -0.2) is 34.0 Å². The number of anilines is 2. The van der Waals surface area contributed by atoms with E-state index >= 15 is 0 Å². The fourth-order valence-corrected chi connectivity index (χ4v) is 2.75. The minimum Gasteiger partial charge on any atom is -0.508 e. The molecular weight excluding hydrogens is 324 g/mol. The van der Waals surface area contributed by atoms with Gasteiger partial charge in [0.05, 0.1) is 18.5 Å². The third kappa shape index (κ3) is 3.60. The lowest BCUT2D eigenvalue weighted by molar-refractivity contribution is -0.136. The summed E-state index contributed by atoms with van der Waals surface area (Å²) in [5, 5.41) is 21.2. The van der Waals surface area contributed by atoms with Crippen LogP contribution in [0.25, 0.3) is 0 Å². The van der Waals surface area contributed by atoms with Crippen molar-refractivity contribution in [3.63, 3.8) is 0 Å². The van der Waals surface area contributed by atoms with Gasteiger partial charge < -0.3 is 15.5 Å². The van der Waals surface area contributed by atoms with Crippen molar-refractivity contribution >= 4 is 29.2 Å². The molecule has 1 heterocycles. The summed E-state index contributed by atoms with van der Waals surface area (Å²) < 4.78 is 0. The van der Waals surface area contributed by atoms with Crippen LogP contribution in [0.3, 0.4) is 0 Å². The number of carbonyl (C=O) groups excluding carboxylic acids is 2. The molecule has 0 radical (unpaired) electrons. The first kappa shape index (κ1) is 16.5. The number of benzene rings is 2. The average Bonchev–Trinajstić information content (AvgIpc) is 2.82. The molecule has 1 aliphatic rings. The number of rotatable bonds is 5. The van der Waals surface area contributed by atoms with Gasteiger partial charge in [0.15, 0.2) is 0 Å². The minimum atomic E-state index is -0.948. The molecule has 7 heteroatoms. The number of amides is 2. The number of carbonyl (C=O) groups is 3. The van der Waals surface area contributed by atoms with Crippen molar-refractivity contribution < 1.29 is 24.6 Å². The highest BCUT2D eigenvalue weighted by Gasteiger charge is 2.39. The molecule has 1 saturated heterocycles. The van der Waals surface area contributed by atoms with E-state index in [0.29, 0.717) is 16.9 Å². The fourth-order valence-electron chi connectivity index (χ4n) is 2.75. The number of carboxylic acids is 1. The van der Waals surface area contributed by atoms with E-state index < -0.39 is 12.0 Å². The van der Waals surface area contributed by atoms with Gasteiger partial charge in [-0.05, 0) is 29.8 Å². The lowest BCUT2D eigenvalue weighted by Crippen LogP contribution is -2.34. The number of nitrogens with zero attached hydrogens (tertiary/aromatic N) is 1. The number of nitrogens with one attached hydrogen (secondary N) is 1. The molecule has 1 fully saturated rings. The van der Waals surface area contributed by atoms with E-state index in [1.165, 1.54) is 12.1 Å². The molecule has 3 rings (SSSR count). The van der Waals surface area contributed by atoms with Crippen molar-refractivity contribution in [2.75, 3.05) is 10.2 Å². The Morgan fingerprint density at radius 1 is 1.16 bits per heavy atom. The van der Waals surface area contributed by atoms with Crippen LogP contribution in [0.2, 0.25) is 0 Å². The molecule has 2 aromatic rings. The molecular formula is C18H16N2O5. The Hall–Kier alpha value is -3.35. The summed E-state index contributed by atoms with van der Waals surface area (Å²) >= 11 is 0. The average molecular weight is 340 g/mol. The summed E-state index contributed by atoms with van der Waals surface area (Å²) in [6, 6.07) is 11.9. The molecule has 2 amide bonds. The van der Waals surface area contributed by atoms with Crippen molar-refractivity contribution in [3.8, 4) is 5.75 Å². The number of aromatic hydroxyl groups is 1. The van der Waals surface area contributed by atoms with Gasteiger partial charge in [-0.2, -0.15) is 0 Å². The van der Waals surface area contributed by atoms with Gasteiger partial charge in [0, 0.05) is 11.8 Å². The largest absolute Gasteiger partial charge is 0.508 e. The van der Waals surface area contributed by atoms with E-state index in [4.69, 9.17) is 5.11 Å². The summed E-state index contributed by atoms with van der Waals surface area (Å²) in [5.74, 6) is -1.61. The Morgan fingerprint density at radius 2 is 1.88 bits per heavy atom. The van der Waals surface area contributed by atoms with Gasteiger partial charge in [-0.15, -0.1) is 0 Å². The number of aliphatic carboxylic acids is 1. The third-order valence-electron chi connectivity index (χ3n) is 3.88. The van der Waals surface area contributed by atoms with Gasteiger partial charge in [0.25, 0.3) is 5.91 Å². The van der Waals surface area contributed by atoms with Gasteiger partial charge >= 0.3 is 5.97 Å². The normalized spacial score (nSPS) is 17.0. The number of phenols is 1. The first-order valence-electron chi connectivity index (χ1n) is 7.67. The maximum atomic E-state index is 12.6. The molecule has 128 valence electrons. The van der Waals surface area contributed by atoms with E-state index in [0.717, 1.165) is 4.90 Å². The van der Waals surface area contributed by atoms with Gasteiger partial charge in [-0.1, -0.05) is 18.2 Å². The zero-order valence-corrected chi connectivity index (χ0v) is 13.2. The minimum absolute atomic E-state index is 0.00532. The number of hydrogen-bond donors (Lipinski definition) is 3. The second-order valence-corrected chi connectivity index (χ2v) is 5.76. The van der Waals surface area contributed by atoms with Crippen molar-refractivity contribution in [1.82, 2.24) is 0 Å². The molecule has 1 aliphatic heterocycles. The lowest BCUT2D eigenvalue weighted by atomic mass is 10.1. The Bertz CT molecular complexity index is 832. The quantitative estimate of drug-likeness (QED) is 0.716. The molecule has 2 aromatic carbocycles. The van der Waals surface area contributed by atoms with Gasteiger partial charge in [-0.25, -0.2) is 4.90 Å². The van der Waals surface area contributed by atoms with Gasteiger partial charge in [0.1, 0.15) is 11.8 Å². The molecule has 25 heavy (non-hydrogen) atoms. The smallest absolute Gasteiger partial charge is 0.307 e. The van der Waals surface area contributed by atoms with Crippen LogP contribution in [0, 0.1) is 0 Å². The predicted molar refractivity (Wildman–Crippen MR) is 90.4 cm³/mol. The Labute approximate surface area is 143 Å². The van der Waals surface area contributed by atoms with Crippen LogP contribution in [-0.2, 0) is 20.8 Å². The van der Waals surface area contributed by atoms with Crippen molar-refractivity contribution in [2.45, 2.75) is 18.9 Å². The van der Waals surface area contributed by atoms with E-state index in [2.05, 4.69) is 5.32 Å². The molecule has 0 aromatic heterocycles. The number of hydrogen-bond acceptors (Lipinski definition) is 5. The van der Waals surface area contributed by atoms with Crippen molar-refractivity contribution in [1.29, 1.82) is 0 Å². The molecule has 1 atom stereocenters. The molecule has 3 N–H and O–H groups in total. The van der Waals surface area contributed by atoms with Gasteiger partial charge in [-0.3, -0.25) is 14.4 Å². The number of carboxylic acid groups (broad SMARTS) is 1. The fraction of sp³-hybridized carbons (Fsp3) is 0.167. The monoisotopic (exact) mass is 340 g/mol. The Morgan fingerprint density at radius 3 is 2.52 bits per heavy atom. The summed E-state index contributed by atoms with van der Waals surface area (Å²) in [5.41, 5.74) is 1.54. The van der Waals surface area contributed by atoms with E-state index in [1.807, 2.05) is 0 Å². The summed E-state index contributed by atoms with van der Waals surface area (Å²) in [7, 11) is 0. The third-order valence-corrected chi connectivity index (χ3v) is 3.88. The zero-order chi connectivity index (χ0) is 18.0. The maximum absolute atomic E-state index is 12.6. The second kappa shape index (κ2) is 6.64.